The smallest absolute Gasteiger partial charge is 0.332 e. The van der Waals surface area contributed by atoms with Crippen LogP contribution in [-0.2, 0) is 32.5 Å². The number of nitrogens with zero attached hydrogens (tertiary/aromatic N) is 4. The molecule has 0 saturated heterocycles. The van der Waals surface area contributed by atoms with Crippen LogP contribution >= 0.6 is 11.8 Å². The minimum absolute atomic E-state index is 0.0415. The van der Waals surface area contributed by atoms with E-state index in [9.17, 15) is 18.8 Å². The van der Waals surface area contributed by atoms with E-state index in [4.69, 9.17) is 0 Å². The number of benzene rings is 1. The summed E-state index contributed by atoms with van der Waals surface area (Å²) >= 11 is 1.13. The number of imidazole rings is 1. The fourth-order valence-corrected chi connectivity index (χ4v) is 3.50. The number of rotatable bonds is 5. The molecule has 142 valence electrons. The summed E-state index contributed by atoms with van der Waals surface area (Å²) in [5, 5.41) is 3.08. The molecular weight excluding hydrogens is 373 g/mol. The van der Waals surface area contributed by atoms with Gasteiger partial charge in [-0.2, -0.15) is 0 Å². The molecule has 10 heteroatoms. The lowest BCUT2D eigenvalue weighted by Gasteiger charge is -2.07. The monoisotopic (exact) mass is 391 g/mol. The molecule has 27 heavy (non-hydrogen) atoms. The first-order valence-corrected chi connectivity index (χ1v) is 9.05. The minimum Gasteiger partial charge on any atom is -0.351 e. The summed E-state index contributed by atoms with van der Waals surface area (Å²) in [5.74, 6) is -0.630. The standard InChI is InChI=1S/C17H18FN5O3S/c1-21-14-13(15(25)23(3)17(26)22(14)2)20-16(21)27-9-12(24)19-8-10-6-4-5-7-11(10)18/h4-7H,8-9H2,1-3H3,(H,19,24). The summed E-state index contributed by atoms with van der Waals surface area (Å²) in [7, 11) is 4.62. The van der Waals surface area contributed by atoms with Gasteiger partial charge in [-0.3, -0.25) is 18.7 Å². The maximum absolute atomic E-state index is 13.6. The van der Waals surface area contributed by atoms with Crippen LogP contribution in [0.3, 0.4) is 0 Å². The number of carbonyl (C=O) groups excluding carboxylic acids is 1. The van der Waals surface area contributed by atoms with Gasteiger partial charge in [0.1, 0.15) is 5.82 Å². The van der Waals surface area contributed by atoms with Crippen LogP contribution in [0.2, 0.25) is 0 Å². The van der Waals surface area contributed by atoms with Gasteiger partial charge in [-0.25, -0.2) is 14.2 Å². The molecule has 1 N–H and O–H groups in total. The highest BCUT2D eigenvalue weighted by Gasteiger charge is 2.18. The van der Waals surface area contributed by atoms with Gasteiger partial charge in [0.05, 0.1) is 5.75 Å². The Morgan fingerprint density at radius 1 is 1.15 bits per heavy atom. The summed E-state index contributed by atoms with van der Waals surface area (Å²) in [6.45, 7) is 0.0870. The van der Waals surface area contributed by atoms with Gasteiger partial charge in [-0.15, -0.1) is 0 Å². The molecule has 0 atom stereocenters. The fourth-order valence-electron chi connectivity index (χ4n) is 2.70. The second-order valence-electron chi connectivity index (χ2n) is 5.99. The van der Waals surface area contributed by atoms with Crippen molar-refractivity contribution >= 4 is 28.8 Å². The summed E-state index contributed by atoms with van der Waals surface area (Å²) in [6, 6.07) is 6.22. The normalized spacial score (nSPS) is 11.1. The Morgan fingerprint density at radius 2 is 1.85 bits per heavy atom. The first kappa shape index (κ1) is 18.9. The quantitative estimate of drug-likeness (QED) is 0.641. The van der Waals surface area contributed by atoms with E-state index in [1.54, 1.807) is 36.9 Å². The van der Waals surface area contributed by atoms with Crippen LogP contribution in [0.15, 0.2) is 39.0 Å². The summed E-state index contributed by atoms with van der Waals surface area (Å²) in [5.41, 5.74) is 0.0139. The van der Waals surface area contributed by atoms with E-state index in [1.807, 2.05) is 0 Å². The van der Waals surface area contributed by atoms with Gasteiger partial charge in [0.15, 0.2) is 16.3 Å². The Labute approximate surface area is 157 Å². The number of aromatic nitrogens is 4. The largest absolute Gasteiger partial charge is 0.351 e. The van der Waals surface area contributed by atoms with Crippen LogP contribution < -0.4 is 16.6 Å². The van der Waals surface area contributed by atoms with Gasteiger partial charge < -0.3 is 9.88 Å². The Balaban J connectivity index is 1.75. The van der Waals surface area contributed by atoms with E-state index in [0.717, 1.165) is 16.3 Å². The zero-order chi connectivity index (χ0) is 19.7. The van der Waals surface area contributed by atoms with Crippen LogP contribution in [0.1, 0.15) is 5.56 Å². The number of hydrogen-bond acceptors (Lipinski definition) is 5. The summed E-state index contributed by atoms with van der Waals surface area (Å²) in [4.78, 5) is 40.6. The van der Waals surface area contributed by atoms with E-state index in [2.05, 4.69) is 10.3 Å². The van der Waals surface area contributed by atoms with Crippen LogP contribution in [0.5, 0.6) is 0 Å². The van der Waals surface area contributed by atoms with Gasteiger partial charge in [0.2, 0.25) is 5.91 Å². The fraction of sp³-hybridized carbons (Fsp3) is 0.294. The average molecular weight is 391 g/mol. The Kier molecular flexibility index (Phi) is 5.17. The zero-order valence-corrected chi connectivity index (χ0v) is 15.8. The lowest BCUT2D eigenvalue weighted by molar-refractivity contribution is -0.118. The maximum Gasteiger partial charge on any atom is 0.332 e. The van der Waals surface area contributed by atoms with Crippen molar-refractivity contribution in [1.82, 2.24) is 24.0 Å². The van der Waals surface area contributed by atoms with Crippen molar-refractivity contribution in [2.75, 3.05) is 5.75 Å². The van der Waals surface area contributed by atoms with Crippen molar-refractivity contribution in [3.63, 3.8) is 0 Å². The predicted octanol–water partition coefficient (Wildman–Crippen LogP) is 0.518. The zero-order valence-electron chi connectivity index (χ0n) is 15.0. The third-order valence-corrected chi connectivity index (χ3v) is 5.22. The molecule has 2 aromatic heterocycles. The number of fused-ring (bicyclic) bond motifs is 1. The van der Waals surface area contributed by atoms with Gasteiger partial charge in [-0.1, -0.05) is 30.0 Å². The first-order chi connectivity index (χ1) is 12.8. The molecule has 3 aromatic rings. The number of halogens is 1. The van der Waals surface area contributed by atoms with Crippen molar-refractivity contribution in [2.24, 2.45) is 21.1 Å². The molecule has 1 amide bonds. The first-order valence-electron chi connectivity index (χ1n) is 8.06. The molecule has 1 aromatic carbocycles. The van der Waals surface area contributed by atoms with E-state index in [0.29, 0.717) is 16.4 Å². The molecule has 8 nitrogen and oxygen atoms in total. The second-order valence-corrected chi connectivity index (χ2v) is 6.93. The lowest BCUT2D eigenvalue weighted by Crippen LogP contribution is -2.37. The van der Waals surface area contributed by atoms with E-state index in [1.165, 1.54) is 17.7 Å². The van der Waals surface area contributed by atoms with Crippen molar-refractivity contribution in [3.05, 3.63) is 56.5 Å². The predicted molar refractivity (Wildman–Crippen MR) is 100 cm³/mol. The van der Waals surface area contributed by atoms with Gasteiger partial charge in [0.25, 0.3) is 5.56 Å². The maximum atomic E-state index is 13.6. The number of aryl methyl sites for hydroxylation is 2. The number of carbonyl (C=O) groups is 1. The molecule has 2 heterocycles. The Hall–Kier alpha value is -2.88. The Morgan fingerprint density at radius 3 is 2.56 bits per heavy atom. The minimum atomic E-state index is -0.487. The SMILES string of the molecule is Cn1c(=O)c2nc(SCC(=O)NCc3ccccc3F)n(C)c2n(C)c1=O. The van der Waals surface area contributed by atoms with Crippen molar-refractivity contribution in [3.8, 4) is 0 Å². The third kappa shape index (κ3) is 3.52. The lowest BCUT2D eigenvalue weighted by atomic mass is 10.2. The van der Waals surface area contributed by atoms with E-state index < -0.39 is 11.2 Å². The molecule has 3 rings (SSSR count). The van der Waals surface area contributed by atoms with Gasteiger partial charge in [-0.05, 0) is 6.07 Å². The molecule has 0 aliphatic heterocycles. The number of nitrogens with one attached hydrogen (secondary N) is 1. The third-order valence-electron chi connectivity index (χ3n) is 4.19. The number of hydrogen-bond donors (Lipinski definition) is 1. The highest BCUT2D eigenvalue weighted by atomic mass is 32.2. The molecule has 0 aliphatic carbocycles. The van der Waals surface area contributed by atoms with Crippen LogP contribution in [-0.4, -0.2) is 30.3 Å². The number of amides is 1. The van der Waals surface area contributed by atoms with E-state index in [-0.39, 0.29) is 29.5 Å². The van der Waals surface area contributed by atoms with Crippen molar-refractivity contribution in [2.45, 2.75) is 11.7 Å². The highest BCUT2D eigenvalue weighted by Crippen LogP contribution is 2.20. The molecule has 0 unspecified atom stereocenters. The molecule has 0 spiro atoms. The molecule has 0 saturated carbocycles. The average Bonchev–Trinajstić information content (AvgIpc) is 2.99. The highest BCUT2D eigenvalue weighted by molar-refractivity contribution is 7.99. The Bertz CT molecular complexity index is 1150. The molecular formula is C17H18FN5O3S. The molecule has 0 fully saturated rings. The number of thioether (sulfide) groups is 1. The van der Waals surface area contributed by atoms with Crippen molar-refractivity contribution in [1.29, 1.82) is 0 Å². The van der Waals surface area contributed by atoms with Crippen molar-refractivity contribution < 1.29 is 9.18 Å². The van der Waals surface area contributed by atoms with E-state index >= 15 is 0 Å². The summed E-state index contributed by atoms with van der Waals surface area (Å²) in [6.07, 6.45) is 0. The van der Waals surface area contributed by atoms with Gasteiger partial charge in [0, 0.05) is 33.3 Å². The summed E-state index contributed by atoms with van der Waals surface area (Å²) < 4.78 is 17.5. The molecule has 0 aliphatic rings. The van der Waals surface area contributed by atoms with Crippen LogP contribution in [0.25, 0.3) is 11.2 Å². The second kappa shape index (κ2) is 7.39. The molecule has 0 radical (unpaired) electrons. The molecule has 0 bridgehead atoms. The van der Waals surface area contributed by atoms with Gasteiger partial charge >= 0.3 is 5.69 Å². The van der Waals surface area contributed by atoms with Crippen LogP contribution in [0.4, 0.5) is 4.39 Å². The topological polar surface area (TPSA) is 90.9 Å². The van der Waals surface area contributed by atoms with Crippen LogP contribution in [0, 0.1) is 5.82 Å².